The highest BCUT2D eigenvalue weighted by atomic mass is 127. The molecule has 1 aromatic carbocycles. The Morgan fingerprint density at radius 3 is 2.04 bits per heavy atom. The van der Waals surface area contributed by atoms with Crippen molar-refractivity contribution in [3.05, 3.63) is 16.3 Å². The van der Waals surface area contributed by atoms with Gasteiger partial charge in [-0.15, -0.1) is 0 Å². The third kappa shape index (κ3) is 5.64. The summed E-state index contributed by atoms with van der Waals surface area (Å²) in [4.78, 5) is 47.5. The van der Waals surface area contributed by atoms with Crippen LogP contribution in [0.25, 0.3) is 0 Å². The Hall–Kier alpha value is -0.710. The van der Waals surface area contributed by atoms with E-state index in [1.54, 1.807) is 0 Å². The van der Waals surface area contributed by atoms with Crippen LogP contribution >= 0.6 is 67.8 Å². The molecule has 0 spiro atoms. The van der Waals surface area contributed by atoms with Gasteiger partial charge in [0.05, 0.1) is 27.6 Å². The average molecular weight is 700 g/mol. The van der Waals surface area contributed by atoms with E-state index in [-0.39, 0.29) is 30.7 Å². The Balaban J connectivity index is 3.38. The second-order valence-electron chi connectivity index (χ2n) is 5.22. The molecule has 0 aliphatic heterocycles. The number of nitrogens with one attached hydrogen (secondary N) is 1. The van der Waals surface area contributed by atoms with Gasteiger partial charge in [-0.3, -0.25) is 14.4 Å². The van der Waals surface area contributed by atoms with Gasteiger partial charge in [0.2, 0.25) is 11.8 Å². The topological polar surface area (TPSA) is 124 Å². The van der Waals surface area contributed by atoms with Crippen LogP contribution in [0.15, 0.2) is 0 Å². The highest BCUT2D eigenvalue weighted by molar-refractivity contribution is 14.1. The molecule has 11 heteroatoms. The van der Waals surface area contributed by atoms with Gasteiger partial charge in [-0.05, 0) is 74.2 Å². The zero-order chi connectivity index (χ0) is 20.2. The Morgan fingerprint density at radius 2 is 1.58 bits per heavy atom. The molecule has 8 nitrogen and oxygen atoms in total. The molecule has 142 valence electrons. The number of carbonyl (C=O) groups excluding carboxylic acids is 2. The van der Waals surface area contributed by atoms with Crippen molar-refractivity contribution in [3.8, 4) is 0 Å². The number of amides is 2. The van der Waals surface area contributed by atoms with Crippen molar-refractivity contribution in [1.29, 1.82) is 0 Å². The fourth-order valence-electron chi connectivity index (χ4n) is 2.00. The second kappa shape index (κ2) is 10.0. The summed E-state index contributed by atoms with van der Waals surface area (Å²) >= 11 is 5.68. The maximum atomic E-state index is 12.1. The summed E-state index contributed by atoms with van der Waals surface area (Å²) in [5, 5.41) is 20.9. The summed E-state index contributed by atoms with van der Waals surface area (Å²) in [5.74, 6) is -2.86. The van der Waals surface area contributed by atoms with Crippen molar-refractivity contribution < 1.29 is 29.4 Å². The lowest BCUT2D eigenvalue weighted by Crippen LogP contribution is -2.27. The zero-order valence-electron chi connectivity index (χ0n) is 13.7. The van der Waals surface area contributed by atoms with Gasteiger partial charge < -0.3 is 20.4 Å². The lowest BCUT2D eigenvalue weighted by atomic mass is 10.1. The summed E-state index contributed by atoms with van der Waals surface area (Å²) in [7, 11) is 1.53. The number of hydrogen-bond acceptors (Lipinski definition) is 4. The fraction of sp³-hybridized carbons (Fsp3) is 0.333. The van der Waals surface area contributed by atoms with Crippen molar-refractivity contribution in [3.63, 3.8) is 0 Å². The molecule has 0 radical (unpaired) electrons. The van der Waals surface area contributed by atoms with Crippen molar-refractivity contribution in [1.82, 2.24) is 0 Å². The number of anilines is 2. The maximum absolute atomic E-state index is 12.1. The maximum Gasteiger partial charge on any atom is 0.338 e. The molecule has 0 aromatic heterocycles. The van der Waals surface area contributed by atoms with Crippen molar-refractivity contribution in [2.75, 3.05) is 17.3 Å². The van der Waals surface area contributed by atoms with Crippen LogP contribution in [-0.2, 0) is 14.4 Å². The van der Waals surface area contributed by atoms with Crippen LogP contribution in [0.5, 0.6) is 0 Å². The van der Waals surface area contributed by atoms with Crippen molar-refractivity contribution >= 4 is 103 Å². The molecule has 0 unspecified atom stereocenters. The predicted octanol–water partition coefficient (Wildman–Crippen LogP) is 3.37. The van der Waals surface area contributed by atoms with Crippen LogP contribution in [0.1, 0.15) is 36.5 Å². The first-order valence-electron chi connectivity index (χ1n) is 7.18. The van der Waals surface area contributed by atoms with Crippen LogP contribution in [-0.4, -0.2) is 41.0 Å². The molecule has 0 bridgehead atoms. The number of aliphatic carboxylic acids is 1. The highest BCUT2D eigenvalue weighted by Crippen LogP contribution is 2.40. The van der Waals surface area contributed by atoms with Gasteiger partial charge >= 0.3 is 11.9 Å². The number of nitrogens with zero attached hydrogens (tertiary/aromatic N) is 1. The van der Waals surface area contributed by atoms with E-state index < -0.39 is 17.8 Å². The van der Waals surface area contributed by atoms with Gasteiger partial charge in [0.25, 0.3) is 0 Å². The number of hydrogen-bond donors (Lipinski definition) is 3. The lowest BCUT2D eigenvalue weighted by Gasteiger charge is -2.23. The first-order chi connectivity index (χ1) is 12.0. The second-order valence-corrected chi connectivity index (χ2v) is 8.46. The van der Waals surface area contributed by atoms with Crippen LogP contribution in [0.2, 0.25) is 0 Å². The summed E-state index contributed by atoms with van der Waals surface area (Å²) in [6, 6.07) is 0. The normalized spacial score (nSPS) is 10.3. The lowest BCUT2D eigenvalue weighted by molar-refractivity contribution is -0.137. The number of halogens is 3. The standard InChI is InChI=1S/C15H15I3N2O6/c1-6(21)20(2)14-11(17)9(15(25)26)10(16)13(12(14)18)19-7(22)4-3-5-8(23)24/h3-5H2,1-2H3,(H,19,22)(H,23,24)(H,25,26). The van der Waals surface area contributed by atoms with E-state index in [9.17, 15) is 24.3 Å². The summed E-state index contributed by atoms with van der Waals surface area (Å²) < 4.78 is 1.27. The Bertz CT molecular complexity index is 781. The molecule has 1 aromatic rings. The molecule has 2 amide bonds. The van der Waals surface area contributed by atoms with Gasteiger partial charge in [-0.1, -0.05) is 0 Å². The monoisotopic (exact) mass is 700 g/mol. The molecule has 0 fully saturated rings. The van der Waals surface area contributed by atoms with Crippen LogP contribution < -0.4 is 10.2 Å². The molecule has 0 aliphatic carbocycles. The Labute approximate surface area is 190 Å². The van der Waals surface area contributed by atoms with Crippen molar-refractivity contribution in [2.24, 2.45) is 0 Å². The zero-order valence-corrected chi connectivity index (χ0v) is 20.2. The SMILES string of the molecule is CC(=O)N(C)c1c(I)c(NC(=O)CCCC(=O)O)c(I)c(C(=O)O)c1I. The fourth-order valence-corrected chi connectivity index (χ4v) is 6.62. The van der Waals surface area contributed by atoms with Gasteiger partial charge in [-0.2, -0.15) is 0 Å². The molecule has 0 saturated heterocycles. The number of carboxylic acids is 2. The number of aromatic carboxylic acids is 1. The van der Waals surface area contributed by atoms with E-state index >= 15 is 0 Å². The minimum Gasteiger partial charge on any atom is -0.481 e. The molecule has 0 aliphatic rings. The molecule has 0 heterocycles. The minimum absolute atomic E-state index is 0.00412. The quantitative estimate of drug-likeness (QED) is 0.376. The summed E-state index contributed by atoms with van der Waals surface area (Å²) in [6.45, 7) is 1.36. The van der Waals surface area contributed by atoms with Crippen LogP contribution in [0.3, 0.4) is 0 Å². The first-order valence-corrected chi connectivity index (χ1v) is 10.4. The number of carbonyl (C=O) groups is 4. The van der Waals surface area contributed by atoms with E-state index in [4.69, 9.17) is 5.11 Å². The van der Waals surface area contributed by atoms with Crippen molar-refractivity contribution in [2.45, 2.75) is 26.2 Å². The van der Waals surface area contributed by atoms with E-state index in [0.29, 0.717) is 22.1 Å². The number of carboxylic acid groups (broad SMARTS) is 2. The minimum atomic E-state index is -1.17. The Morgan fingerprint density at radius 1 is 1.00 bits per heavy atom. The predicted molar refractivity (Wildman–Crippen MR) is 121 cm³/mol. The molecule has 26 heavy (non-hydrogen) atoms. The third-order valence-electron chi connectivity index (χ3n) is 3.37. The van der Waals surface area contributed by atoms with Gasteiger partial charge in [0.1, 0.15) is 0 Å². The summed E-state index contributed by atoms with van der Waals surface area (Å²) in [6.07, 6.45) is 0.0302. The van der Waals surface area contributed by atoms with Gasteiger partial charge in [0.15, 0.2) is 0 Å². The number of rotatable bonds is 7. The first kappa shape index (κ1) is 23.3. The third-order valence-corrected chi connectivity index (χ3v) is 6.55. The van der Waals surface area contributed by atoms with Gasteiger partial charge in [0, 0.05) is 26.8 Å². The molecule has 0 atom stereocenters. The van der Waals surface area contributed by atoms with Gasteiger partial charge in [-0.25, -0.2) is 4.79 Å². The summed E-state index contributed by atoms with van der Waals surface area (Å²) in [5.41, 5.74) is 0.695. The van der Waals surface area contributed by atoms with E-state index in [1.807, 2.05) is 67.8 Å². The largest absolute Gasteiger partial charge is 0.481 e. The highest BCUT2D eigenvalue weighted by Gasteiger charge is 2.27. The Kier molecular flexibility index (Phi) is 8.98. The molecular weight excluding hydrogens is 685 g/mol. The number of benzene rings is 1. The molecular formula is C15H15I3N2O6. The smallest absolute Gasteiger partial charge is 0.338 e. The van der Waals surface area contributed by atoms with Crippen LogP contribution in [0, 0.1) is 10.7 Å². The van der Waals surface area contributed by atoms with E-state index in [2.05, 4.69) is 5.32 Å². The molecule has 1 rings (SSSR count). The van der Waals surface area contributed by atoms with E-state index in [0.717, 1.165) is 0 Å². The molecule has 0 saturated carbocycles. The van der Waals surface area contributed by atoms with E-state index in [1.165, 1.54) is 18.9 Å². The molecule has 3 N–H and O–H groups in total. The van der Waals surface area contributed by atoms with Crippen LogP contribution in [0.4, 0.5) is 11.4 Å². The average Bonchev–Trinajstić information content (AvgIpc) is 2.50.